The van der Waals surface area contributed by atoms with Gasteiger partial charge >= 0.3 is 16.0 Å². The topological polar surface area (TPSA) is 71.4 Å². The molecular weight excluding hydrogens is 302 g/mol. The minimum Gasteiger partial charge on any atom is -0.281 e. The van der Waals surface area contributed by atoms with Crippen LogP contribution in [0.5, 0.6) is 0 Å². The molecule has 1 aliphatic rings. The quantitative estimate of drug-likeness (QED) is 0.257. The molecule has 0 aromatic carbocycles. The molecule has 1 N–H and O–H groups in total. The van der Waals surface area contributed by atoms with Gasteiger partial charge in [-0.3, -0.25) is 4.55 Å². The number of hydrogen-bond donors (Lipinski definition) is 1. The molecule has 1 aliphatic heterocycles. The summed E-state index contributed by atoms with van der Waals surface area (Å²) < 4.78 is 31.4. The Morgan fingerprint density at radius 2 is 1.45 bits per heavy atom. The maximum Gasteiger partial charge on any atom is 0.325 e. The van der Waals surface area contributed by atoms with Crippen LogP contribution in [0.25, 0.3) is 0 Å². The molecule has 0 aliphatic carbocycles. The summed E-state index contributed by atoms with van der Waals surface area (Å²) in [7, 11) is -4.09. The summed E-state index contributed by atoms with van der Waals surface area (Å²) in [6.45, 7) is 4.42. The summed E-state index contributed by atoms with van der Waals surface area (Å²) in [5, 5.41) is -0.913. The van der Waals surface area contributed by atoms with Crippen molar-refractivity contribution in [1.29, 1.82) is 0 Å². The molecule has 0 aromatic heterocycles. The molecule has 0 bridgehead atoms. The van der Waals surface area contributed by atoms with Gasteiger partial charge < -0.3 is 0 Å². The molecule has 0 radical (unpaired) electrons. The Morgan fingerprint density at radius 3 is 1.82 bits per heavy atom. The molecule has 1 fully saturated rings. The van der Waals surface area contributed by atoms with Crippen molar-refractivity contribution in [1.82, 2.24) is 0 Å². The molecule has 0 saturated carbocycles. The van der Waals surface area contributed by atoms with Crippen LogP contribution in [-0.4, -0.2) is 41.8 Å². The Morgan fingerprint density at radius 1 is 1.00 bits per heavy atom. The highest BCUT2D eigenvalue weighted by Crippen LogP contribution is 2.35. The smallest absolute Gasteiger partial charge is 0.281 e. The van der Waals surface area contributed by atoms with E-state index in [2.05, 4.69) is 6.92 Å². The van der Waals surface area contributed by atoms with E-state index in [9.17, 15) is 13.2 Å². The Kier molecular flexibility index (Phi) is 8.00. The van der Waals surface area contributed by atoms with Gasteiger partial charge in [0.25, 0.3) is 5.37 Å². The average molecular weight is 335 g/mol. The Balaban J connectivity index is 2.10. The van der Waals surface area contributed by atoms with Crippen molar-refractivity contribution in [3.63, 3.8) is 0 Å². The van der Waals surface area contributed by atoms with Crippen LogP contribution in [0.3, 0.4) is 0 Å². The lowest BCUT2D eigenvalue weighted by atomic mass is 10.1. The summed E-state index contributed by atoms with van der Waals surface area (Å²) in [4.78, 5) is 11.7. The first-order valence-electron chi connectivity index (χ1n) is 8.69. The van der Waals surface area contributed by atoms with E-state index in [1.165, 1.54) is 51.9 Å². The third-order valence-electron chi connectivity index (χ3n) is 4.78. The summed E-state index contributed by atoms with van der Waals surface area (Å²) in [5.41, 5.74) is 0. The Hall–Kier alpha value is -0.460. The van der Waals surface area contributed by atoms with Crippen LogP contribution in [0.15, 0.2) is 0 Å². The fraction of sp³-hybridized carbons (Fsp3) is 0.938. The largest absolute Gasteiger partial charge is 0.325 e. The second kappa shape index (κ2) is 8.99. The Labute approximate surface area is 135 Å². The fourth-order valence-corrected chi connectivity index (χ4v) is 4.40. The zero-order valence-electron chi connectivity index (χ0n) is 14.1. The predicted molar refractivity (Wildman–Crippen MR) is 87.9 cm³/mol. The number of rotatable bonds is 12. The monoisotopic (exact) mass is 334 g/mol. The van der Waals surface area contributed by atoms with Crippen LogP contribution in [0.1, 0.15) is 78.1 Å². The lowest BCUT2D eigenvalue weighted by Crippen LogP contribution is -2.37. The van der Waals surface area contributed by atoms with Gasteiger partial charge in [-0.25, -0.2) is 9.28 Å². The Bertz CT molecular complexity index is 449. The van der Waals surface area contributed by atoms with E-state index < -0.39 is 15.5 Å². The maximum atomic E-state index is 11.7. The molecule has 6 heteroatoms. The molecular formula is C16H32NO4S+. The highest BCUT2D eigenvalue weighted by molar-refractivity contribution is 7.86. The van der Waals surface area contributed by atoms with Gasteiger partial charge in [-0.05, 0) is 12.8 Å². The molecule has 1 saturated heterocycles. The zero-order chi connectivity index (χ0) is 16.6. The summed E-state index contributed by atoms with van der Waals surface area (Å²) in [5.74, 6) is -0.154. The summed E-state index contributed by atoms with van der Waals surface area (Å²) in [6, 6.07) is 0. The molecule has 1 heterocycles. The standard InChI is InChI=1S/C16H31NO4S/c1-3-4-5-6-7-8-9-10-11-12-13-17(15(2)18)14-16(17)22(19,20)21/h16H,3-14H2,1-2H3/p+1. The minimum atomic E-state index is -4.09. The van der Waals surface area contributed by atoms with Crippen LogP contribution in [0.2, 0.25) is 0 Å². The number of amides is 1. The van der Waals surface area contributed by atoms with Crippen LogP contribution >= 0.6 is 0 Å². The molecule has 0 spiro atoms. The van der Waals surface area contributed by atoms with Crippen molar-refractivity contribution in [2.75, 3.05) is 13.1 Å². The van der Waals surface area contributed by atoms with Gasteiger partial charge in [0.1, 0.15) is 0 Å². The van der Waals surface area contributed by atoms with Crippen molar-refractivity contribution in [2.24, 2.45) is 0 Å². The van der Waals surface area contributed by atoms with Crippen LogP contribution < -0.4 is 0 Å². The summed E-state index contributed by atoms with van der Waals surface area (Å²) in [6.07, 6.45) is 12.1. The first kappa shape index (κ1) is 19.6. The number of carbonyl (C=O) groups excluding carboxylic acids is 1. The van der Waals surface area contributed by atoms with Gasteiger partial charge in [0.15, 0.2) is 6.54 Å². The normalized spacial score (nSPS) is 24.4. The first-order valence-corrected chi connectivity index (χ1v) is 10.2. The van der Waals surface area contributed by atoms with Gasteiger partial charge in [0.05, 0.1) is 13.5 Å². The van der Waals surface area contributed by atoms with Crippen LogP contribution in [0.4, 0.5) is 0 Å². The predicted octanol–water partition coefficient (Wildman–Crippen LogP) is 3.50. The zero-order valence-corrected chi connectivity index (χ0v) is 14.9. The highest BCUT2D eigenvalue weighted by Gasteiger charge is 2.65. The van der Waals surface area contributed by atoms with Gasteiger partial charge in [-0.2, -0.15) is 8.42 Å². The number of carbonyl (C=O) groups is 1. The van der Waals surface area contributed by atoms with Crippen molar-refractivity contribution in [2.45, 2.75) is 83.4 Å². The van der Waals surface area contributed by atoms with E-state index in [0.29, 0.717) is 6.54 Å². The van der Waals surface area contributed by atoms with Gasteiger partial charge in [-0.15, -0.1) is 0 Å². The number of quaternary nitrogens is 1. The number of unbranched alkanes of at least 4 members (excludes halogenated alkanes) is 9. The maximum absolute atomic E-state index is 11.7. The van der Waals surface area contributed by atoms with Crippen molar-refractivity contribution in [3.05, 3.63) is 0 Å². The van der Waals surface area contributed by atoms with E-state index in [1.807, 2.05) is 0 Å². The summed E-state index contributed by atoms with van der Waals surface area (Å²) >= 11 is 0. The third kappa shape index (κ3) is 5.97. The molecule has 2 unspecified atom stereocenters. The molecule has 22 heavy (non-hydrogen) atoms. The van der Waals surface area contributed by atoms with Crippen molar-refractivity contribution in [3.8, 4) is 0 Å². The van der Waals surface area contributed by atoms with Crippen molar-refractivity contribution < 1.29 is 22.2 Å². The molecule has 1 rings (SSSR count). The van der Waals surface area contributed by atoms with E-state index in [1.54, 1.807) is 0 Å². The third-order valence-corrected chi connectivity index (χ3v) is 6.02. The van der Waals surface area contributed by atoms with Crippen molar-refractivity contribution >= 4 is 16.0 Å². The molecule has 130 valence electrons. The van der Waals surface area contributed by atoms with Gasteiger partial charge in [0.2, 0.25) is 0 Å². The van der Waals surface area contributed by atoms with E-state index in [-0.39, 0.29) is 16.9 Å². The average Bonchev–Trinajstić information content (AvgIpc) is 3.17. The number of nitrogens with zero attached hydrogens (tertiary/aromatic N) is 1. The van der Waals surface area contributed by atoms with Crippen LogP contribution in [0, 0.1) is 0 Å². The van der Waals surface area contributed by atoms with E-state index in [0.717, 1.165) is 19.3 Å². The minimum absolute atomic E-state index is 0.0736. The lowest BCUT2D eigenvalue weighted by molar-refractivity contribution is -0.725. The lowest BCUT2D eigenvalue weighted by Gasteiger charge is -2.15. The highest BCUT2D eigenvalue weighted by atomic mass is 32.2. The molecule has 2 atom stereocenters. The molecule has 0 aromatic rings. The fourth-order valence-electron chi connectivity index (χ4n) is 3.19. The van der Waals surface area contributed by atoms with Gasteiger partial charge in [-0.1, -0.05) is 58.3 Å². The second-order valence-electron chi connectivity index (χ2n) is 6.61. The second-order valence-corrected chi connectivity index (χ2v) is 8.18. The van der Waals surface area contributed by atoms with E-state index in [4.69, 9.17) is 4.55 Å². The first-order chi connectivity index (χ1) is 10.3. The SMILES string of the molecule is CCCCCCCCCCCC[N+]1(C(C)=O)CC1S(=O)(=O)O. The molecule has 1 amide bonds. The number of hydrogen-bond acceptors (Lipinski definition) is 3. The van der Waals surface area contributed by atoms with Gasteiger partial charge in [0, 0.05) is 0 Å². The van der Waals surface area contributed by atoms with E-state index >= 15 is 0 Å². The molecule has 5 nitrogen and oxygen atoms in total. The van der Waals surface area contributed by atoms with Crippen LogP contribution in [-0.2, 0) is 14.9 Å².